The normalized spacial score (nSPS) is 12.1. The lowest BCUT2D eigenvalue weighted by Gasteiger charge is -2.15. The van der Waals surface area contributed by atoms with Gasteiger partial charge in [-0.3, -0.25) is 9.59 Å². The van der Waals surface area contributed by atoms with Crippen LogP contribution in [0.3, 0.4) is 0 Å². The van der Waals surface area contributed by atoms with Crippen LogP contribution in [-0.4, -0.2) is 36.4 Å². The minimum absolute atomic E-state index is 0.0629. The van der Waals surface area contributed by atoms with E-state index in [1.165, 1.54) is 173 Å². The number of aliphatic hydroxyl groups is 1. The molecule has 0 fully saturated rings. The van der Waals surface area contributed by atoms with E-state index in [1.54, 1.807) is 0 Å². The third-order valence-corrected chi connectivity index (χ3v) is 9.81. The Labute approximate surface area is 305 Å². The zero-order chi connectivity index (χ0) is 35.7. The minimum atomic E-state index is -0.769. The van der Waals surface area contributed by atoms with Gasteiger partial charge in [-0.05, 0) is 38.5 Å². The van der Waals surface area contributed by atoms with E-state index in [4.69, 9.17) is 9.47 Å². The molecule has 5 nitrogen and oxygen atoms in total. The molecule has 0 aliphatic heterocycles. The molecule has 0 aliphatic carbocycles. The molecule has 0 bridgehead atoms. The molecule has 0 saturated carbocycles. The fourth-order valence-electron chi connectivity index (χ4n) is 6.49. The number of aliphatic hydroxyl groups excluding tert-OH is 1. The van der Waals surface area contributed by atoms with Crippen LogP contribution in [0.25, 0.3) is 0 Å². The van der Waals surface area contributed by atoms with Crippen molar-refractivity contribution in [3.8, 4) is 0 Å². The molecule has 0 aliphatic rings. The molecule has 1 unspecified atom stereocenters. The molecule has 1 N–H and O–H groups in total. The number of allylic oxidation sites excluding steroid dienone is 2. The van der Waals surface area contributed by atoms with E-state index in [-0.39, 0.29) is 25.2 Å². The Morgan fingerprint density at radius 3 is 1.10 bits per heavy atom. The fourth-order valence-corrected chi connectivity index (χ4v) is 6.49. The van der Waals surface area contributed by atoms with Crippen molar-refractivity contribution in [3.63, 3.8) is 0 Å². The van der Waals surface area contributed by atoms with E-state index in [1.807, 2.05) is 0 Å². The first-order valence-electron chi connectivity index (χ1n) is 21.7. The maximum atomic E-state index is 12.2. The van der Waals surface area contributed by atoms with Crippen LogP contribution in [0.1, 0.15) is 239 Å². The zero-order valence-corrected chi connectivity index (χ0v) is 33.0. The van der Waals surface area contributed by atoms with Crippen molar-refractivity contribution < 1.29 is 24.2 Å². The number of unbranched alkanes of at least 4 members (excludes halogenated alkanes) is 30. The molecule has 0 rings (SSSR count). The highest BCUT2D eigenvalue weighted by Gasteiger charge is 2.16. The molecule has 0 radical (unpaired) electrons. The van der Waals surface area contributed by atoms with Crippen molar-refractivity contribution in [1.29, 1.82) is 0 Å². The van der Waals surface area contributed by atoms with Crippen molar-refractivity contribution in [1.82, 2.24) is 0 Å². The van der Waals surface area contributed by atoms with Crippen molar-refractivity contribution in [2.45, 2.75) is 245 Å². The molecule has 1 atom stereocenters. The molecule has 0 spiro atoms. The lowest BCUT2D eigenvalue weighted by molar-refractivity contribution is -0.161. The highest BCUT2D eigenvalue weighted by atomic mass is 16.6. The summed E-state index contributed by atoms with van der Waals surface area (Å²) >= 11 is 0. The summed E-state index contributed by atoms with van der Waals surface area (Å²) in [6.07, 6.45) is 47.1. The van der Waals surface area contributed by atoms with Crippen molar-refractivity contribution in [2.24, 2.45) is 0 Å². The molecule has 0 amide bonds. The molecule has 0 aromatic carbocycles. The molecular formula is C44H84O5. The summed E-state index contributed by atoms with van der Waals surface area (Å²) in [5.41, 5.74) is 0. The van der Waals surface area contributed by atoms with Gasteiger partial charge < -0.3 is 14.6 Å². The van der Waals surface area contributed by atoms with Crippen LogP contribution in [0.4, 0.5) is 0 Å². The quantitative estimate of drug-likeness (QED) is 0.0393. The molecule has 5 heteroatoms. The van der Waals surface area contributed by atoms with Gasteiger partial charge in [0.2, 0.25) is 0 Å². The largest absolute Gasteiger partial charge is 0.462 e. The third kappa shape index (κ3) is 39.3. The van der Waals surface area contributed by atoms with Gasteiger partial charge in [-0.1, -0.05) is 199 Å². The van der Waals surface area contributed by atoms with Gasteiger partial charge in [0, 0.05) is 12.8 Å². The van der Waals surface area contributed by atoms with E-state index in [0.717, 1.165) is 38.5 Å². The third-order valence-electron chi connectivity index (χ3n) is 9.81. The number of ether oxygens (including phenoxy) is 2. The molecule has 290 valence electrons. The lowest BCUT2D eigenvalue weighted by atomic mass is 10.0. The van der Waals surface area contributed by atoms with Crippen LogP contribution in [0.15, 0.2) is 12.2 Å². The average Bonchev–Trinajstić information content (AvgIpc) is 3.10. The molecule has 0 aromatic heterocycles. The second kappa shape index (κ2) is 41.1. The molecule has 49 heavy (non-hydrogen) atoms. The van der Waals surface area contributed by atoms with E-state index in [0.29, 0.717) is 12.8 Å². The second-order valence-corrected chi connectivity index (χ2v) is 14.8. The number of carbonyl (C=O) groups excluding carboxylic acids is 2. The van der Waals surface area contributed by atoms with E-state index in [9.17, 15) is 14.7 Å². The Bertz CT molecular complexity index is 705. The average molecular weight is 693 g/mol. The van der Waals surface area contributed by atoms with Gasteiger partial charge in [0.25, 0.3) is 0 Å². The number of hydrogen-bond acceptors (Lipinski definition) is 5. The van der Waals surface area contributed by atoms with Gasteiger partial charge in [0.1, 0.15) is 6.61 Å². The summed E-state index contributed by atoms with van der Waals surface area (Å²) in [7, 11) is 0. The van der Waals surface area contributed by atoms with Crippen LogP contribution in [0.2, 0.25) is 0 Å². The predicted octanol–water partition coefficient (Wildman–Crippen LogP) is 13.7. The Hall–Kier alpha value is -1.36. The fraction of sp³-hybridized carbons (Fsp3) is 0.909. The van der Waals surface area contributed by atoms with Crippen LogP contribution in [0.5, 0.6) is 0 Å². The summed E-state index contributed by atoms with van der Waals surface area (Å²) in [4.78, 5) is 24.3. The highest BCUT2D eigenvalue weighted by molar-refractivity contribution is 5.70. The molecule has 0 aromatic rings. The Morgan fingerprint density at radius 2 is 0.755 bits per heavy atom. The van der Waals surface area contributed by atoms with Gasteiger partial charge in [0.05, 0.1) is 6.61 Å². The molecule has 0 heterocycles. The van der Waals surface area contributed by atoms with Gasteiger partial charge in [0.15, 0.2) is 6.10 Å². The standard InChI is InChI=1S/C44H84O5/c1-3-5-7-9-11-13-15-17-19-20-21-22-23-24-25-27-28-30-32-34-36-38-43(46)48-41-42(40-45)49-44(47)39-37-35-33-31-29-26-18-16-14-12-10-8-6-4-2/h16,18,42,45H,3-15,17,19-41H2,1-2H3/b18-16-. The summed E-state index contributed by atoms with van der Waals surface area (Å²) in [5.74, 6) is -0.588. The summed E-state index contributed by atoms with van der Waals surface area (Å²) in [5, 5.41) is 9.56. The smallest absolute Gasteiger partial charge is 0.306 e. The van der Waals surface area contributed by atoms with Crippen LogP contribution in [-0.2, 0) is 19.1 Å². The monoisotopic (exact) mass is 693 g/mol. The van der Waals surface area contributed by atoms with Crippen LogP contribution in [0, 0.1) is 0 Å². The van der Waals surface area contributed by atoms with E-state index < -0.39 is 6.10 Å². The van der Waals surface area contributed by atoms with Gasteiger partial charge >= 0.3 is 11.9 Å². The lowest BCUT2D eigenvalue weighted by Crippen LogP contribution is -2.28. The second-order valence-electron chi connectivity index (χ2n) is 14.8. The highest BCUT2D eigenvalue weighted by Crippen LogP contribution is 2.16. The molecular weight excluding hydrogens is 608 g/mol. The SMILES string of the molecule is CCCCCCC/C=C\CCCCCCCC(=O)OC(CO)COC(=O)CCCCCCCCCCCCCCCCCCCCCCC. The first-order valence-corrected chi connectivity index (χ1v) is 21.7. The van der Waals surface area contributed by atoms with E-state index >= 15 is 0 Å². The Morgan fingerprint density at radius 1 is 0.449 bits per heavy atom. The minimum Gasteiger partial charge on any atom is -0.462 e. The van der Waals surface area contributed by atoms with Crippen molar-refractivity contribution >= 4 is 11.9 Å². The first-order chi connectivity index (χ1) is 24.1. The Kier molecular flexibility index (Phi) is 39.9. The maximum absolute atomic E-state index is 12.2. The van der Waals surface area contributed by atoms with Crippen molar-refractivity contribution in [2.75, 3.05) is 13.2 Å². The van der Waals surface area contributed by atoms with Gasteiger partial charge in [-0.25, -0.2) is 0 Å². The zero-order valence-electron chi connectivity index (χ0n) is 33.0. The number of carbonyl (C=O) groups is 2. The predicted molar refractivity (Wildman–Crippen MR) is 210 cm³/mol. The van der Waals surface area contributed by atoms with Crippen LogP contribution >= 0.6 is 0 Å². The molecule has 0 saturated heterocycles. The topological polar surface area (TPSA) is 72.8 Å². The van der Waals surface area contributed by atoms with Gasteiger partial charge in [-0.15, -0.1) is 0 Å². The number of esters is 2. The Balaban J connectivity index is 3.47. The number of hydrogen-bond donors (Lipinski definition) is 1. The van der Waals surface area contributed by atoms with Gasteiger partial charge in [-0.2, -0.15) is 0 Å². The summed E-state index contributed by atoms with van der Waals surface area (Å²) < 4.78 is 10.6. The summed E-state index contributed by atoms with van der Waals surface area (Å²) in [6.45, 7) is 4.15. The van der Waals surface area contributed by atoms with Crippen LogP contribution < -0.4 is 0 Å². The number of rotatable bonds is 40. The van der Waals surface area contributed by atoms with Crippen molar-refractivity contribution in [3.05, 3.63) is 12.2 Å². The van der Waals surface area contributed by atoms with E-state index in [2.05, 4.69) is 26.0 Å². The first kappa shape index (κ1) is 47.6. The maximum Gasteiger partial charge on any atom is 0.306 e. The summed E-state index contributed by atoms with van der Waals surface area (Å²) in [6, 6.07) is 0.